The molecule has 2 aromatic carbocycles. The van der Waals surface area contributed by atoms with E-state index in [1.807, 2.05) is 37.2 Å². The topological polar surface area (TPSA) is 99.1 Å². The fourth-order valence-electron chi connectivity index (χ4n) is 2.98. The van der Waals surface area contributed by atoms with Gasteiger partial charge in [-0.2, -0.15) is 4.98 Å². The number of benzene rings is 2. The zero-order valence-electron chi connectivity index (χ0n) is 16.1. The molecule has 0 saturated heterocycles. The average Bonchev–Trinajstić information content (AvgIpc) is 3.05. The first-order valence-electron chi connectivity index (χ1n) is 8.86. The van der Waals surface area contributed by atoms with Gasteiger partial charge in [-0.25, -0.2) is 9.78 Å². The number of aromatic amines is 1. The summed E-state index contributed by atoms with van der Waals surface area (Å²) in [6, 6.07) is 11.2. The number of halogens is 1. The summed E-state index contributed by atoms with van der Waals surface area (Å²) in [6.45, 7) is 2.06. The van der Waals surface area contributed by atoms with Crippen LogP contribution in [0.15, 0.2) is 51.8 Å². The summed E-state index contributed by atoms with van der Waals surface area (Å²) in [5, 5.41) is 6.72. The lowest BCUT2D eigenvalue weighted by molar-refractivity contribution is 0.555. The molecule has 8 nitrogen and oxygen atoms in total. The van der Waals surface area contributed by atoms with E-state index in [1.54, 1.807) is 18.2 Å². The predicted octanol–water partition coefficient (Wildman–Crippen LogP) is 4.43. The van der Waals surface area contributed by atoms with Crippen molar-refractivity contribution in [2.24, 2.45) is 0 Å². The molecule has 0 saturated carbocycles. The van der Waals surface area contributed by atoms with Gasteiger partial charge >= 0.3 is 5.76 Å². The number of nitrogens with one attached hydrogen (secondary N) is 3. The van der Waals surface area contributed by atoms with Crippen molar-refractivity contribution in [1.29, 1.82) is 0 Å². The highest BCUT2D eigenvalue weighted by Gasteiger charge is 2.09. The minimum absolute atomic E-state index is 0.370. The van der Waals surface area contributed by atoms with Crippen LogP contribution >= 0.6 is 11.6 Å². The van der Waals surface area contributed by atoms with Crippen molar-refractivity contribution in [3.8, 4) is 0 Å². The Morgan fingerprint density at radius 3 is 2.66 bits per heavy atom. The first-order valence-corrected chi connectivity index (χ1v) is 9.24. The summed E-state index contributed by atoms with van der Waals surface area (Å²) in [7, 11) is 3.99. The van der Waals surface area contributed by atoms with Crippen molar-refractivity contribution in [2.45, 2.75) is 6.92 Å². The van der Waals surface area contributed by atoms with Gasteiger partial charge in [-0.15, -0.1) is 0 Å². The molecule has 0 spiro atoms. The van der Waals surface area contributed by atoms with Crippen LogP contribution in [0.5, 0.6) is 0 Å². The lowest BCUT2D eigenvalue weighted by atomic mass is 10.1. The summed E-state index contributed by atoms with van der Waals surface area (Å²) in [5.74, 6) is 0.344. The van der Waals surface area contributed by atoms with E-state index < -0.39 is 5.76 Å². The van der Waals surface area contributed by atoms with Gasteiger partial charge in [0.1, 0.15) is 5.02 Å². The van der Waals surface area contributed by atoms with Crippen LogP contribution in [-0.4, -0.2) is 29.0 Å². The van der Waals surface area contributed by atoms with E-state index in [0.29, 0.717) is 33.6 Å². The third-order valence-electron chi connectivity index (χ3n) is 4.37. The summed E-state index contributed by atoms with van der Waals surface area (Å²) < 4.78 is 5.01. The molecule has 0 aliphatic rings. The van der Waals surface area contributed by atoms with E-state index >= 15 is 0 Å². The molecular weight excluding hydrogens is 392 g/mol. The summed E-state index contributed by atoms with van der Waals surface area (Å²) in [6.07, 6.45) is 1.53. The van der Waals surface area contributed by atoms with Crippen molar-refractivity contribution in [3.05, 3.63) is 63.7 Å². The van der Waals surface area contributed by atoms with Gasteiger partial charge in [0, 0.05) is 31.2 Å². The standard InChI is InChI=1S/C20H19ClN6O2/c1-11-4-5-13(9-16(11)27(2)3)24-19-22-10-14(21)18(26-19)23-12-6-7-17-15(8-12)25-20(28)29-17/h4-10H,1-3H3,(H,25,28)(H2,22,23,24,26). The molecule has 0 amide bonds. The number of H-pyrrole nitrogens is 1. The predicted molar refractivity (Wildman–Crippen MR) is 116 cm³/mol. The van der Waals surface area contributed by atoms with Gasteiger partial charge in [-0.05, 0) is 42.8 Å². The molecule has 0 unspecified atom stereocenters. The molecule has 148 valence electrons. The van der Waals surface area contributed by atoms with Crippen LogP contribution in [0.2, 0.25) is 5.02 Å². The number of rotatable bonds is 5. The fraction of sp³-hybridized carbons (Fsp3) is 0.150. The van der Waals surface area contributed by atoms with Gasteiger partial charge in [0.2, 0.25) is 5.95 Å². The highest BCUT2D eigenvalue weighted by Crippen LogP contribution is 2.28. The first kappa shape index (κ1) is 18.8. The third kappa shape index (κ3) is 4.02. The molecule has 2 aromatic heterocycles. The number of anilines is 5. The highest BCUT2D eigenvalue weighted by molar-refractivity contribution is 6.32. The van der Waals surface area contributed by atoms with Crippen molar-refractivity contribution in [2.75, 3.05) is 29.6 Å². The highest BCUT2D eigenvalue weighted by atomic mass is 35.5. The summed E-state index contributed by atoms with van der Waals surface area (Å²) >= 11 is 6.26. The van der Waals surface area contributed by atoms with Gasteiger partial charge in [0.05, 0.1) is 11.7 Å². The van der Waals surface area contributed by atoms with E-state index in [1.165, 1.54) is 11.8 Å². The second-order valence-electron chi connectivity index (χ2n) is 6.76. The molecule has 0 radical (unpaired) electrons. The zero-order valence-corrected chi connectivity index (χ0v) is 16.8. The molecule has 2 heterocycles. The largest absolute Gasteiger partial charge is 0.417 e. The SMILES string of the molecule is Cc1ccc(Nc2ncc(Cl)c(Nc3ccc4oc(=O)[nH]c4c3)n2)cc1N(C)C. The Kier molecular flexibility index (Phi) is 4.85. The van der Waals surface area contributed by atoms with E-state index in [2.05, 4.69) is 32.5 Å². The molecule has 4 rings (SSSR count). The van der Waals surface area contributed by atoms with Crippen LogP contribution in [-0.2, 0) is 0 Å². The second kappa shape index (κ2) is 7.48. The molecule has 3 N–H and O–H groups in total. The van der Waals surface area contributed by atoms with Gasteiger partial charge in [-0.1, -0.05) is 17.7 Å². The molecule has 0 aliphatic carbocycles. The number of fused-ring (bicyclic) bond motifs is 1. The second-order valence-corrected chi connectivity index (χ2v) is 7.17. The normalized spacial score (nSPS) is 10.9. The van der Waals surface area contributed by atoms with E-state index in [-0.39, 0.29) is 0 Å². The Bertz CT molecular complexity index is 1250. The van der Waals surface area contributed by atoms with Crippen molar-refractivity contribution < 1.29 is 4.42 Å². The lowest BCUT2D eigenvalue weighted by Crippen LogP contribution is -2.10. The van der Waals surface area contributed by atoms with Gasteiger partial charge in [-0.3, -0.25) is 4.98 Å². The summed E-state index contributed by atoms with van der Waals surface area (Å²) in [5.41, 5.74) is 4.90. The van der Waals surface area contributed by atoms with E-state index in [9.17, 15) is 4.79 Å². The maximum Gasteiger partial charge on any atom is 0.417 e. The number of aromatic nitrogens is 3. The Morgan fingerprint density at radius 2 is 1.86 bits per heavy atom. The minimum atomic E-state index is -0.501. The van der Waals surface area contributed by atoms with E-state index in [4.69, 9.17) is 16.0 Å². The summed E-state index contributed by atoms with van der Waals surface area (Å²) in [4.78, 5) is 24.7. The van der Waals surface area contributed by atoms with Crippen molar-refractivity contribution in [3.63, 3.8) is 0 Å². The van der Waals surface area contributed by atoms with Crippen LogP contribution in [0.4, 0.5) is 28.8 Å². The number of hydrogen-bond acceptors (Lipinski definition) is 7. The van der Waals surface area contributed by atoms with Crippen LogP contribution < -0.4 is 21.3 Å². The van der Waals surface area contributed by atoms with Gasteiger partial charge in [0.15, 0.2) is 11.4 Å². The minimum Gasteiger partial charge on any atom is -0.408 e. The molecule has 0 atom stereocenters. The smallest absolute Gasteiger partial charge is 0.408 e. The van der Waals surface area contributed by atoms with Gasteiger partial charge in [0.25, 0.3) is 0 Å². The molecule has 0 aliphatic heterocycles. The quantitative estimate of drug-likeness (QED) is 0.447. The van der Waals surface area contributed by atoms with E-state index in [0.717, 1.165) is 11.4 Å². The average molecular weight is 411 g/mol. The van der Waals surface area contributed by atoms with Crippen molar-refractivity contribution in [1.82, 2.24) is 15.0 Å². The van der Waals surface area contributed by atoms with Crippen LogP contribution in [0, 0.1) is 6.92 Å². The number of hydrogen-bond donors (Lipinski definition) is 3. The van der Waals surface area contributed by atoms with Crippen LogP contribution in [0.1, 0.15) is 5.56 Å². The number of nitrogens with zero attached hydrogens (tertiary/aromatic N) is 3. The molecule has 0 fully saturated rings. The molecule has 29 heavy (non-hydrogen) atoms. The van der Waals surface area contributed by atoms with Crippen LogP contribution in [0.25, 0.3) is 11.1 Å². The maximum absolute atomic E-state index is 11.3. The van der Waals surface area contributed by atoms with Crippen molar-refractivity contribution >= 4 is 51.5 Å². The number of oxazole rings is 1. The third-order valence-corrected chi connectivity index (χ3v) is 4.65. The lowest BCUT2D eigenvalue weighted by Gasteiger charge is -2.17. The molecular formula is C20H19ClN6O2. The maximum atomic E-state index is 11.3. The Balaban J connectivity index is 1.60. The van der Waals surface area contributed by atoms with Gasteiger partial charge < -0.3 is 20.0 Å². The fourth-order valence-corrected chi connectivity index (χ4v) is 3.12. The number of aryl methyl sites for hydroxylation is 1. The van der Waals surface area contributed by atoms with Crippen LogP contribution in [0.3, 0.4) is 0 Å². The molecule has 0 bridgehead atoms. The molecule has 4 aromatic rings. The molecule has 9 heteroatoms. The first-order chi connectivity index (χ1) is 13.9. The Labute approximate surface area is 171 Å². The zero-order chi connectivity index (χ0) is 20.5. The Hall–Kier alpha value is -3.52. The monoisotopic (exact) mass is 410 g/mol. The Morgan fingerprint density at radius 1 is 1.10 bits per heavy atom.